The fourth-order valence-electron chi connectivity index (χ4n) is 4.21. The lowest BCUT2D eigenvalue weighted by Crippen LogP contribution is -2.41. The molecule has 1 fully saturated rings. The first kappa shape index (κ1) is 29.9. The number of carbonyl (C=O) groups excluding carboxylic acids is 2. The monoisotopic (exact) mass is 627 g/mol. The highest BCUT2D eigenvalue weighted by atomic mass is 35.5. The van der Waals surface area contributed by atoms with E-state index in [1.165, 1.54) is 29.1 Å². The standard InChI is InChI=1S/C28H27Cl2N7O6/c1-41-18-4-2-17(3-5-18)37-23(15-24(38)35-37)34-28(40)32-20-6-7-21(27(30)26(20)29)43-19-8-9-31-22(14-19)33-25(39)16-36-10-12-42-13-11-36/h2-9,14-15H,10-13,16H2,1H3,(H,35,38)(H,31,33,39)(H2,32,34,40). The van der Waals surface area contributed by atoms with Crippen molar-refractivity contribution in [3.8, 4) is 22.9 Å². The third kappa shape index (κ3) is 7.64. The summed E-state index contributed by atoms with van der Waals surface area (Å²) in [6.45, 7) is 2.79. The largest absolute Gasteiger partial charge is 0.497 e. The first-order valence-corrected chi connectivity index (χ1v) is 13.8. The summed E-state index contributed by atoms with van der Waals surface area (Å²) in [6, 6.07) is 13.7. The Morgan fingerprint density at radius 3 is 2.49 bits per heavy atom. The van der Waals surface area contributed by atoms with Gasteiger partial charge in [0.15, 0.2) is 0 Å². The van der Waals surface area contributed by atoms with Crippen molar-refractivity contribution in [2.24, 2.45) is 0 Å². The van der Waals surface area contributed by atoms with Gasteiger partial charge in [-0.15, -0.1) is 0 Å². The van der Waals surface area contributed by atoms with E-state index in [1.54, 1.807) is 43.5 Å². The number of H-pyrrole nitrogens is 1. The highest BCUT2D eigenvalue weighted by Gasteiger charge is 2.17. The summed E-state index contributed by atoms with van der Waals surface area (Å²) >= 11 is 12.9. The first-order chi connectivity index (χ1) is 20.8. The maximum absolute atomic E-state index is 12.8. The minimum Gasteiger partial charge on any atom is -0.497 e. The smallest absolute Gasteiger partial charge is 0.324 e. The van der Waals surface area contributed by atoms with Crippen LogP contribution in [0.3, 0.4) is 0 Å². The fraction of sp³-hybridized carbons (Fsp3) is 0.214. The van der Waals surface area contributed by atoms with Gasteiger partial charge in [-0.25, -0.2) is 14.5 Å². The Morgan fingerprint density at radius 2 is 1.74 bits per heavy atom. The number of ether oxygens (including phenoxy) is 3. The van der Waals surface area contributed by atoms with Crippen LogP contribution in [-0.4, -0.2) is 71.6 Å². The summed E-state index contributed by atoms with van der Waals surface area (Å²) in [5.74, 6) is 1.51. The first-order valence-electron chi connectivity index (χ1n) is 13.1. The second-order valence-electron chi connectivity index (χ2n) is 9.27. The van der Waals surface area contributed by atoms with Crippen LogP contribution in [0.1, 0.15) is 0 Å². The van der Waals surface area contributed by atoms with Gasteiger partial charge in [0, 0.05) is 31.4 Å². The van der Waals surface area contributed by atoms with Crippen molar-refractivity contribution in [1.29, 1.82) is 0 Å². The number of urea groups is 1. The van der Waals surface area contributed by atoms with Crippen LogP contribution in [0.2, 0.25) is 10.0 Å². The third-order valence-corrected chi connectivity index (χ3v) is 7.16. The molecule has 1 aliphatic rings. The van der Waals surface area contributed by atoms with E-state index < -0.39 is 11.6 Å². The number of rotatable bonds is 9. The van der Waals surface area contributed by atoms with Gasteiger partial charge in [0.25, 0.3) is 5.56 Å². The minimum atomic E-state index is -0.667. The van der Waals surface area contributed by atoms with Crippen molar-refractivity contribution in [2.75, 3.05) is 55.9 Å². The Balaban J connectivity index is 1.22. The van der Waals surface area contributed by atoms with Crippen LogP contribution in [0.25, 0.3) is 5.69 Å². The highest BCUT2D eigenvalue weighted by molar-refractivity contribution is 6.45. The third-order valence-electron chi connectivity index (χ3n) is 6.30. The number of nitrogens with zero attached hydrogens (tertiary/aromatic N) is 3. The van der Waals surface area contributed by atoms with Gasteiger partial charge in [0.2, 0.25) is 5.91 Å². The molecule has 1 aliphatic heterocycles. The van der Waals surface area contributed by atoms with E-state index in [1.807, 2.05) is 4.90 Å². The average molecular weight is 628 g/mol. The van der Waals surface area contributed by atoms with Crippen molar-refractivity contribution in [1.82, 2.24) is 19.7 Å². The van der Waals surface area contributed by atoms with Gasteiger partial charge in [-0.2, -0.15) is 0 Å². The summed E-state index contributed by atoms with van der Waals surface area (Å²) in [5, 5.41) is 10.7. The average Bonchev–Trinajstić information content (AvgIpc) is 3.37. The number of aromatic amines is 1. The molecule has 0 atom stereocenters. The zero-order chi connectivity index (χ0) is 30.3. The normalized spacial score (nSPS) is 13.3. The maximum Gasteiger partial charge on any atom is 0.324 e. The van der Waals surface area contributed by atoms with Crippen LogP contribution in [0.5, 0.6) is 17.2 Å². The van der Waals surface area contributed by atoms with Gasteiger partial charge in [0.05, 0.1) is 43.3 Å². The van der Waals surface area contributed by atoms with E-state index in [2.05, 4.69) is 26.0 Å². The Bertz CT molecular complexity index is 1670. The molecule has 2 aromatic heterocycles. The summed E-state index contributed by atoms with van der Waals surface area (Å²) in [6.07, 6.45) is 1.49. The molecule has 43 heavy (non-hydrogen) atoms. The number of hydrogen-bond acceptors (Lipinski definition) is 8. The SMILES string of the molecule is COc1ccc(-n2[nH]c(=O)cc2NC(=O)Nc2ccc(Oc3ccnc(NC(=O)CN4CCOCC4)c3)c(Cl)c2Cl)cc1. The van der Waals surface area contributed by atoms with Crippen molar-refractivity contribution in [3.05, 3.63) is 81.2 Å². The number of carbonyl (C=O) groups is 2. The molecule has 2 aromatic carbocycles. The lowest BCUT2D eigenvalue weighted by molar-refractivity contribution is -0.118. The van der Waals surface area contributed by atoms with Gasteiger partial charge >= 0.3 is 6.03 Å². The molecular weight excluding hydrogens is 601 g/mol. The van der Waals surface area contributed by atoms with E-state index >= 15 is 0 Å². The van der Waals surface area contributed by atoms with E-state index in [0.717, 1.165) is 0 Å². The number of pyridine rings is 1. The highest BCUT2D eigenvalue weighted by Crippen LogP contribution is 2.39. The van der Waals surface area contributed by atoms with Crippen molar-refractivity contribution in [2.45, 2.75) is 0 Å². The molecule has 0 bridgehead atoms. The van der Waals surface area contributed by atoms with Crippen LogP contribution < -0.4 is 31.0 Å². The predicted molar refractivity (Wildman–Crippen MR) is 162 cm³/mol. The van der Waals surface area contributed by atoms with E-state index in [4.69, 9.17) is 37.4 Å². The number of benzene rings is 2. The van der Waals surface area contributed by atoms with E-state index in [0.29, 0.717) is 49.3 Å². The predicted octanol–water partition coefficient (Wildman–Crippen LogP) is 4.58. The zero-order valence-electron chi connectivity index (χ0n) is 22.9. The van der Waals surface area contributed by atoms with Gasteiger partial charge in [-0.1, -0.05) is 23.2 Å². The molecule has 0 spiro atoms. The number of halogens is 2. The Hall–Kier alpha value is -4.56. The number of aromatic nitrogens is 3. The molecule has 3 heterocycles. The van der Waals surface area contributed by atoms with Gasteiger partial charge in [-0.3, -0.25) is 24.9 Å². The Kier molecular flexibility index (Phi) is 9.47. The molecule has 5 rings (SSSR count). The molecule has 15 heteroatoms. The summed E-state index contributed by atoms with van der Waals surface area (Å²) in [4.78, 5) is 43.4. The molecule has 224 valence electrons. The van der Waals surface area contributed by atoms with Crippen LogP contribution in [0.15, 0.2) is 65.6 Å². The molecule has 3 amide bonds. The summed E-state index contributed by atoms with van der Waals surface area (Å²) in [5.41, 5.74) is 0.387. The number of morpholine rings is 1. The quantitative estimate of drug-likeness (QED) is 0.210. The fourth-order valence-corrected chi connectivity index (χ4v) is 4.62. The van der Waals surface area contributed by atoms with Crippen molar-refractivity contribution in [3.63, 3.8) is 0 Å². The van der Waals surface area contributed by atoms with Crippen LogP contribution in [0.4, 0.5) is 22.1 Å². The van der Waals surface area contributed by atoms with Crippen molar-refractivity contribution < 1.29 is 23.8 Å². The summed E-state index contributed by atoms with van der Waals surface area (Å²) in [7, 11) is 1.55. The number of anilines is 3. The van der Waals surface area contributed by atoms with Crippen LogP contribution in [0, 0.1) is 0 Å². The molecule has 4 N–H and O–H groups in total. The minimum absolute atomic E-state index is 0.0315. The molecule has 0 aliphatic carbocycles. The lowest BCUT2D eigenvalue weighted by atomic mass is 10.3. The second-order valence-corrected chi connectivity index (χ2v) is 10.0. The van der Waals surface area contributed by atoms with E-state index in [9.17, 15) is 14.4 Å². The molecule has 4 aromatic rings. The maximum atomic E-state index is 12.8. The molecule has 0 unspecified atom stereocenters. The van der Waals surface area contributed by atoms with Gasteiger partial charge in [-0.05, 0) is 42.5 Å². The lowest BCUT2D eigenvalue weighted by Gasteiger charge is -2.25. The number of hydrogen-bond donors (Lipinski definition) is 4. The van der Waals surface area contributed by atoms with Crippen molar-refractivity contribution >= 4 is 52.5 Å². The molecule has 0 radical (unpaired) electrons. The Morgan fingerprint density at radius 1 is 0.977 bits per heavy atom. The van der Waals surface area contributed by atoms with Gasteiger partial charge in [0.1, 0.15) is 33.9 Å². The molecule has 13 nitrogen and oxygen atoms in total. The molecule has 1 saturated heterocycles. The second kappa shape index (κ2) is 13.6. The zero-order valence-corrected chi connectivity index (χ0v) is 24.4. The number of amides is 3. The molecule has 0 saturated carbocycles. The van der Waals surface area contributed by atoms with E-state index in [-0.39, 0.29) is 39.8 Å². The summed E-state index contributed by atoms with van der Waals surface area (Å²) < 4.78 is 17.8. The number of methoxy groups -OCH3 is 1. The van der Waals surface area contributed by atoms with Gasteiger partial charge < -0.3 is 24.8 Å². The Labute approximate surface area is 255 Å². The molecular formula is C28H27Cl2N7O6. The van der Waals surface area contributed by atoms with Crippen LogP contribution in [-0.2, 0) is 9.53 Å². The topological polar surface area (TPSA) is 152 Å². The number of nitrogens with one attached hydrogen (secondary N) is 4. The van der Waals surface area contributed by atoms with Crippen LogP contribution >= 0.6 is 23.2 Å².